The first-order valence-corrected chi connectivity index (χ1v) is 4.96. The van der Waals surface area contributed by atoms with E-state index in [2.05, 4.69) is 4.98 Å². The lowest BCUT2D eigenvalue weighted by Crippen LogP contribution is -2.18. The number of halogens is 5. The van der Waals surface area contributed by atoms with Gasteiger partial charge in [-0.25, -0.2) is 8.78 Å². The van der Waals surface area contributed by atoms with E-state index in [1.54, 1.807) is 0 Å². The van der Waals surface area contributed by atoms with Crippen molar-refractivity contribution in [2.24, 2.45) is 5.73 Å². The molecule has 0 radical (unpaired) electrons. The van der Waals surface area contributed by atoms with Crippen molar-refractivity contribution >= 4 is 5.97 Å². The van der Waals surface area contributed by atoms with E-state index in [0.717, 1.165) is 0 Å². The number of carboxylic acids is 1. The summed E-state index contributed by atoms with van der Waals surface area (Å²) < 4.78 is 63.6. The zero-order valence-electron chi connectivity index (χ0n) is 9.34. The van der Waals surface area contributed by atoms with Gasteiger partial charge in [-0.2, -0.15) is 13.2 Å². The van der Waals surface area contributed by atoms with E-state index in [9.17, 15) is 26.7 Å². The van der Waals surface area contributed by atoms with Gasteiger partial charge in [-0.15, -0.1) is 0 Å². The minimum Gasteiger partial charge on any atom is -0.481 e. The number of carbonyl (C=O) groups is 1. The Morgan fingerprint density at radius 3 is 2.37 bits per heavy atom. The summed E-state index contributed by atoms with van der Waals surface area (Å²) in [6.45, 7) is -0.417. The third kappa shape index (κ3) is 3.60. The van der Waals surface area contributed by atoms with Gasteiger partial charge in [0.1, 0.15) is 0 Å². The zero-order chi connectivity index (χ0) is 14.8. The minimum absolute atomic E-state index is 0.298. The maximum absolute atomic E-state index is 12.7. The summed E-state index contributed by atoms with van der Waals surface area (Å²) in [5.41, 5.74) is 0.991. The Balaban J connectivity index is 3.55. The molecule has 0 aromatic carbocycles. The summed E-state index contributed by atoms with van der Waals surface area (Å²) in [5, 5.41) is 8.53. The Bertz CT molecular complexity index is 488. The van der Waals surface area contributed by atoms with Crippen molar-refractivity contribution in [3.63, 3.8) is 0 Å². The van der Waals surface area contributed by atoms with Gasteiger partial charge in [-0.3, -0.25) is 9.78 Å². The lowest BCUT2D eigenvalue weighted by molar-refractivity contribution is -0.140. The molecule has 0 aliphatic carbocycles. The van der Waals surface area contributed by atoms with Crippen molar-refractivity contribution in [3.05, 3.63) is 28.6 Å². The minimum atomic E-state index is -5.04. The lowest BCUT2D eigenvalue weighted by atomic mass is 10.0. The van der Waals surface area contributed by atoms with E-state index in [0.29, 0.717) is 6.07 Å². The monoisotopic (exact) mass is 284 g/mol. The van der Waals surface area contributed by atoms with Crippen LogP contribution in [0.1, 0.15) is 28.9 Å². The second kappa shape index (κ2) is 5.47. The number of rotatable bonds is 4. The summed E-state index contributed by atoms with van der Waals surface area (Å²) in [5.74, 6) is -1.56. The molecule has 0 saturated carbocycles. The number of nitrogens with zero attached hydrogens (tertiary/aromatic N) is 1. The van der Waals surface area contributed by atoms with Gasteiger partial charge in [0, 0.05) is 6.54 Å². The number of carboxylic acid groups (broad SMARTS) is 1. The predicted molar refractivity (Wildman–Crippen MR) is 53.4 cm³/mol. The maximum atomic E-state index is 12.7. The van der Waals surface area contributed by atoms with Gasteiger partial charge in [-0.05, 0) is 6.07 Å². The molecule has 0 spiro atoms. The molecule has 1 heterocycles. The van der Waals surface area contributed by atoms with Crippen molar-refractivity contribution in [3.8, 4) is 0 Å². The van der Waals surface area contributed by atoms with Crippen molar-refractivity contribution < 1.29 is 31.9 Å². The molecule has 0 bridgehead atoms. The molecular weight excluding hydrogens is 275 g/mol. The van der Waals surface area contributed by atoms with E-state index < -0.39 is 48.4 Å². The van der Waals surface area contributed by atoms with Crippen LogP contribution in [0.15, 0.2) is 6.07 Å². The number of pyridine rings is 1. The average Bonchev–Trinajstić information content (AvgIpc) is 2.25. The van der Waals surface area contributed by atoms with Crippen LogP contribution in [0.25, 0.3) is 0 Å². The van der Waals surface area contributed by atoms with Crippen LogP contribution in [-0.2, 0) is 23.9 Å². The van der Waals surface area contributed by atoms with Gasteiger partial charge in [0.05, 0.1) is 28.9 Å². The first-order valence-electron chi connectivity index (χ1n) is 4.96. The van der Waals surface area contributed by atoms with Gasteiger partial charge in [-0.1, -0.05) is 0 Å². The fourth-order valence-electron chi connectivity index (χ4n) is 1.53. The highest BCUT2D eigenvalue weighted by Crippen LogP contribution is 2.38. The number of hydrogen-bond donors (Lipinski definition) is 2. The molecule has 106 valence electrons. The Labute approximate surface area is 104 Å². The molecule has 9 heteroatoms. The largest absolute Gasteiger partial charge is 0.481 e. The second-order valence-corrected chi connectivity index (χ2v) is 3.59. The quantitative estimate of drug-likeness (QED) is 0.830. The molecular formula is C10H9F5N2O2. The Morgan fingerprint density at radius 1 is 1.42 bits per heavy atom. The Hall–Kier alpha value is -1.77. The Kier molecular flexibility index (Phi) is 4.40. The number of aromatic nitrogens is 1. The van der Waals surface area contributed by atoms with Crippen LogP contribution in [0.5, 0.6) is 0 Å². The molecule has 0 atom stereocenters. The topological polar surface area (TPSA) is 76.2 Å². The summed E-state index contributed by atoms with van der Waals surface area (Å²) >= 11 is 0. The van der Waals surface area contributed by atoms with Gasteiger partial charge < -0.3 is 10.8 Å². The number of aliphatic carboxylic acids is 1. The molecule has 1 aromatic heterocycles. The second-order valence-electron chi connectivity index (χ2n) is 3.59. The van der Waals surface area contributed by atoms with Crippen LogP contribution < -0.4 is 5.73 Å². The fourth-order valence-corrected chi connectivity index (χ4v) is 1.53. The molecule has 0 aliphatic heterocycles. The molecule has 0 fully saturated rings. The van der Waals surface area contributed by atoms with Crippen LogP contribution in [0.4, 0.5) is 22.0 Å². The molecule has 4 nitrogen and oxygen atoms in total. The van der Waals surface area contributed by atoms with Gasteiger partial charge in [0.2, 0.25) is 0 Å². The summed E-state index contributed by atoms with van der Waals surface area (Å²) in [6, 6.07) is 0.410. The van der Waals surface area contributed by atoms with Crippen LogP contribution in [-0.4, -0.2) is 16.1 Å². The van der Waals surface area contributed by atoms with Crippen LogP contribution in [0, 0.1) is 0 Å². The van der Waals surface area contributed by atoms with E-state index in [1.165, 1.54) is 0 Å². The van der Waals surface area contributed by atoms with Gasteiger partial charge in [0.15, 0.2) is 0 Å². The summed E-state index contributed by atoms with van der Waals surface area (Å²) in [6.07, 6.45) is -9.55. The summed E-state index contributed by atoms with van der Waals surface area (Å²) in [7, 11) is 0. The lowest BCUT2D eigenvalue weighted by Gasteiger charge is -2.16. The van der Waals surface area contributed by atoms with E-state index in [-0.39, 0.29) is 5.69 Å². The smallest absolute Gasteiger partial charge is 0.417 e. The SMILES string of the molecule is NCc1cc(C(F)(F)F)c(C(F)F)c(CC(=O)O)n1. The van der Waals surface area contributed by atoms with Crippen LogP contribution in [0.2, 0.25) is 0 Å². The molecule has 0 saturated heterocycles. The number of alkyl halides is 5. The maximum Gasteiger partial charge on any atom is 0.417 e. The van der Waals surface area contributed by atoms with Crippen molar-refractivity contribution in [1.29, 1.82) is 0 Å². The van der Waals surface area contributed by atoms with Crippen molar-refractivity contribution in [2.45, 2.75) is 25.6 Å². The van der Waals surface area contributed by atoms with E-state index in [4.69, 9.17) is 10.8 Å². The predicted octanol–water partition coefficient (Wildman–Crippen LogP) is 2.12. The number of nitrogens with two attached hydrogens (primary N) is 1. The highest BCUT2D eigenvalue weighted by molar-refractivity contribution is 5.70. The summed E-state index contributed by atoms with van der Waals surface area (Å²) in [4.78, 5) is 13.9. The Morgan fingerprint density at radius 2 is 2.00 bits per heavy atom. The molecule has 3 N–H and O–H groups in total. The molecule has 0 unspecified atom stereocenters. The highest BCUT2D eigenvalue weighted by Gasteiger charge is 2.38. The van der Waals surface area contributed by atoms with Crippen LogP contribution in [0.3, 0.4) is 0 Å². The average molecular weight is 284 g/mol. The normalized spacial score (nSPS) is 11.9. The van der Waals surface area contributed by atoms with Crippen LogP contribution >= 0.6 is 0 Å². The molecule has 1 aromatic rings. The third-order valence-electron chi connectivity index (χ3n) is 2.24. The molecule has 19 heavy (non-hydrogen) atoms. The van der Waals surface area contributed by atoms with Crippen molar-refractivity contribution in [2.75, 3.05) is 0 Å². The zero-order valence-corrected chi connectivity index (χ0v) is 9.34. The first kappa shape index (κ1) is 15.3. The van der Waals surface area contributed by atoms with E-state index in [1.807, 2.05) is 0 Å². The molecule has 1 rings (SSSR count). The highest BCUT2D eigenvalue weighted by atomic mass is 19.4. The number of hydrogen-bond acceptors (Lipinski definition) is 3. The molecule has 0 aliphatic rings. The fraction of sp³-hybridized carbons (Fsp3) is 0.400. The third-order valence-corrected chi connectivity index (χ3v) is 2.24. The van der Waals surface area contributed by atoms with Gasteiger partial charge >= 0.3 is 12.1 Å². The van der Waals surface area contributed by atoms with Gasteiger partial charge in [0.25, 0.3) is 6.43 Å². The van der Waals surface area contributed by atoms with E-state index >= 15 is 0 Å². The standard InChI is InChI=1S/C10H9F5N2O2/c11-9(12)8-5(10(13,14)15)1-4(3-16)17-6(8)2-7(18)19/h1,9H,2-3,16H2,(H,18,19). The van der Waals surface area contributed by atoms with Crippen molar-refractivity contribution in [1.82, 2.24) is 4.98 Å². The molecule has 0 amide bonds. The first-order chi connectivity index (χ1) is 8.66.